The third-order valence-electron chi connectivity index (χ3n) is 12.6. The second kappa shape index (κ2) is 16.5. The molecule has 2 saturated carbocycles. The van der Waals surface area contributed by atoms with Crippen LogP contribution in [0.15, 0.2) is 79.0 Å². The maximum atomic E-state index is 14.4. The quantitative estimate of drug-likeness (QED) is 0.256. The second-order valence-electron chi connectivity index (χ2n) is 16.6. The smallest absolute Gasteiger partial charge is 0.340 e. The highest BCUT2D eigenvalue weighted by atomic mass is 16.7. The highest BCUT2D eigenvalue weighted by Crippen LogP contribution is 2.67. The van der Waals surface area contributed by atoms with Gasteiger partial charge in [-0.3, -0.25) is 24.2 Å². The van der Waals surface area contributed by atoms with Crippen LogP contribution < -0.4 is 0 Å². The number of fused-ring (bicyclic) bond motifs is 5. The van der Waals surface area contributed by atoms with Crippen molar-refractivity contribution in [1.29, 1.82) is 0 Å². The van der Waals surface area contributed by atoms with Crippen LogP contribution in [-0.4, -0.2) is 123 Å². The van der Waals surface area contributed by atoms with Crippen LogP contribution in [0.3, 0.4) is 0 Å². The third-order valence-corrected chi connectivity index (χ3v) is 12.6. The van der Waals surface area contributed by atoms with Crippen LogP contribution in [0.4, 0.5) is 0 Å². The summed E-state index contributed by atoms with van der Waals surface area (Å²) in [5.74, 6) is -11.3. The van der Waals surface area contributed by atoms with Gasteiger partial charge in [0.05, 0.1) is 34.2 Å². The van der Waals surface area contributed by atoms with Crippen LogP contribution in [0.5, 0.6) is 0 Å². The van der Waals surface area contributed by atoms with E-state index in [9.17, 15) is 43.8 Å². The molecule has 0 unspecified atom stereocenters. The van der Waals surface area contributed by atoms with Crippen LogP contribution in [0.2, 0.25) is 0 Å². The summed E-state index contributed by atoms with van der Waals surface area (Å²) in [6.45, 7) is 7.50. The van der Waals surface area contributed by atoms with Crippen molar-refractivity contribution in [2.24, 2.45) is 11.8 Å². The molecule has 3 aromatic rings. The van der Waals surface area contributed by atoms with Crippen molar-refractivity contribution >= 4 is 41.8 Å². The van der Waals surface area contributed by atoms with Crippen molar-refractivity contribution in [3.8, 4) is 0 Å². The van der Waals surface area contributed by atoms with Gasteiger partial charge in [-0.2, -0.15) is 0 Å². The topological polar surface area (TPSA) is 247 Å². The van der Waals surface area contributed by atoms with E-state index in [0.717, 1.165) is 27.7 Å². The average molecular weight is 874 g/mol. The molecule has 2 aliphatic heterocycles. The number of rotatable bonds is 7. The van der Waals surface area contributed by atoms with E-state index in [1.54, 1.807) is 19.1 Å². The summed E-state index contributed by atoms with van der Waals surface area (Å²) in [5, 5.41) is 26.2. The molecule has 4 bridgehead atoms. The number of esters is 7. The van der Waals surface area contributed by atoms with Crippen LogP contribution in [0, 0.1) is 11.8 Å². The van der Waals surface area contributed by atoms with Gasteiger partial charge in [-0.1, -0.05) is 50.2 Å². The first kappa shape index (κ1) is 44.8. The summed E-state index contributed by atoms with van der Waals surface area (Å²) in [5.41, 5.74) is -11.3. The largest absolute Gasteiger partial charge is 0.459 e. The lowest BCUT2D eigenvalue weighted by molar-refractivity contribution is -0.395. The highest BCUT2D eigenvalue weighted by Gasteiger charge is 2.93. The van der Waals surface area contributed by atoms with Gasteiger partial charge in [0.15, 0.2) is 30.0 Å². The Labute approximate surface area is 361 Å². The predicted molar refractivity (Wildman–Crippen MR) is 211 cm³/mol. The standard InChI is InChI=1S/C45H47NO17/c1-22-23(2)38(51)60-35-32(50)36(61-40(53)28-17-12-9-13-18-28)44(62-26(5)49)37(58-25(4)48)33(57-24(3)47)30-34(59-39(52)27-15-10-8-11-16-27)45(44,43(35,7)55)63-42(30,6)21-56-41(54)29-19-14-20-46-31(22)29/h8-20,22-23,30,32-37,50,55H,21H2,1-7H3/t22-,23-,30+,32-,33+,34+,35-,36-,37-,42+,43+,44+,45-/m0/s1. The second-order valence-corrected chi connectivity index (χ2v) is 16.6. The monoisotopic (exact) mass is 873 g/mol. The number of carbonyl (C=O) groups excluding carboxylic acids is 7. The number of aliphatic hydroxyl groups excluding tert-OH is 1. The molecule has 1 saturated heterocycles. The van der Waals surface area contributed by atoms with E-state index in [1.807, 2.05) is 0 Å². The fourth-order valence-corrected chi connectivity index (χ4v) is 9.79. The molecule has 0 amide bonds. The molecule has 63 heavy (non-hydrogen) atoms. The van der Waals surface area contributed by atoms with Crippen molar-refractivity contribution in [2.45, 2.75) is 113 Å². The number of benzene rings is 2. The van der Waals surface area contributed by atoms with Crippen LogP contribution in [0.25, 0.3) is 0 Å². The summed E-state index contributed by atoms with van der Waals surface area (Å²) < 4.78 is 49.8. The van der Waals surface area contributed by atoms with Crippen LogP contribution >= 0.6 is 0 Å². The van der Waals surface area contributed by atoms with Crippen molar-refractivity contribution in [2.75, 3.05) is 6.61 Å². The van der Waals surface area contributed by atoms with Crippen molar-refractivity contribution in [3.05, 3.63) is 101 Å². The Morgan fingerprint density at radius 3 is 1.86 bits per heavy atom. The Morgan fingerprint density at radius 1 is 0.730 bits per heavy atom. The molecular formula is C45H47NO17. The lowest BCUT2D eigenvalue weighted by Crippen LogP contribution is -2.92. The molecule has 0 radical (unpaired) electrons. The van der Waals surface area contributed by atoms with Crippen molar-refractivity contribution in [1.82, 2.24) is 4.98 Å². The molecule has 13 atom stereocenters. The number of hydrogen-bond donors (Lipinski definition) is 2. The number of cyclic esters (lactones) is 1. The number of carbonyl (C=O) groups is 7. The lowest BCUT2D eigenvalue weighted by atomic mass is 9.50. The molecule has 4 aliphatic rings. The average Bonchev–Trinajstić information content (AvgIpc) is 3.47. The Hall–Kier alpha value is -6.24. The summed E-state index contributed by atoms with van der Waals surface area (Å²) in [6.07, 6.45) is -11.9. The van der Waals surface area contributed by atoms with Gasteiger partial charge in [0.2, 0.25) is 5.60 Å². The highest BCUT2D eigenvalue weighted by molar-refractivity contribution is 5.92. The minimum Gasteiger partial charge on any atom is -0.459 e. The van der Waals surface area contributed by atoms with E-state index in [-0.39, 0.29) is 22.4 Å². The summed E-state index contributed by atoms with van der Waals surface area (Å²) in [7, 11) is 0. The fourth-order valence-electron chi connectivity index (χ4n) is 9.79. The van der Waals surface area contributed by atoms with Crippen molar-refractivity contribution < 1.29 is 81.7 Å². The first-order valence-corrected chi connectivity index (χ1v) is 20.2. The van der Waals surface area contributed by atoms with E-state index in [4.69, 9.17) is 37.9 Å². The fraction of sp³-hybridized carbons (Fsp3) is 0.467. The normalized spacial score (nSPS) is 35.7. The zero-order valence-corrected chi connectivity index (χ0v) is 35.4. The van der Waals surface area contributed by atoms with Gasteiger partial charge in [0, 0.05) is 32.9 Å². The molecular weight excluding hydrogens is 826 g/mol. The summed E-state index contributed by atoms with van der Waals surface area (Å²) in [6, 6.07) is 17.7. The van der Waals surface area contributed by atoms with Gasteiger partial charge in [-0.25, -0.2) is 14.4 Å². The zero-order valence-electron chi connectivity index (χ0n) is 35.4. The lowest BCUT2D eigenvalue weighted by Gasteiger charge is -2.66. The molecule has 1 spiro atoms. The van der Waals surface area contributed by atoms with E-state index in [0.29, 0.717) is 0 Å². The maximum Gasteiger partial charge on any atom is 0.340 e. The maximum absolute atomic E-state index is 14.4. The molecule has 1 aromatic heterocycles. The summed E-state index contributed by atoms with van der Waals surface area (Å²) in [4.78, 5) is 102. The Morgan fingerprint density at radius 2 is 1.30 bits per heavy atom. The third kappa shape index (κ3) is 7.19. The minimum atomic E-state index is -3.10. The first-order chi connectivity index (χ1) is 29.7. The van der Waals surface area contributed by atoms with E-state index in [2.05, 4.69) is 4.98 Å². The molecule has 3 fully saturated rings. The predicted octanol–water partition coefficient (Wildman–Crippen LogP) is 2.80. The number of nitrogens with zero attached hydrogens (tertiary/aromatic N) is 1. The number of ether oxygens (including phenoxy) is 8. The Kier molecular flexibility index (Phi) is 11.7. The van der Waals surface area contributed by atoms with Gasteiger partial charge in [-0.15, -0.1) is 0 Å². The molecule has 3 heterocycles. The van der Waals surface area contributed by atoms with E-state index >= 15 is 0 Å². The number of aliphatic hydroxyl groups is 2. The van der Waals surface area contributed by atoms with Crippen LogP contribution in [0.1, 0.15) is 91.2 Å². The van der Waals surface area contributed by atoms with Gasteiger partial charge in [0.1, 0.15) is 30.0 Å². The summed E-state index contributed by atoms with van der Waals surface area (Å²) >= 11 is 0. The van der Waals surface area contributed by atoms with E-state index < -0.39 is 125 Å². The molecule has 2 aromatic carbocycles. The van der Waals surface area contributed by atoms with Crippen LogP contribution in [-0.2, 0) is 57.1 Å². The number of aromatic nitrogens is 1. The van der Waals surface area contributed by atoms with Crippen molar-refractivity contribution in [3.63, 3.8) is 0 Å². The zero-order chi connectivity index (χ0) is 45.8. The van der Waals surface area contributed by atoms with Gasteiger partial charge in [0.25, 0.3) is 0 Å². The Bertz CT molecular complexity index is 2320. The molecule has 18 nitrogen and oxygen atoms in total. The van der Waals surface area contributed by atoms with Gasteiger partial charge < -0.3 is 48.1 Å². The SMILES string of the molecule is CC(=O)O[C@@H]1[C@@H]2[C@@H](OC(=O)c3ccccc3)[C@@]34O[C@]2(C)COC(=O)c2cccnc2[C@@H](C)[C@H](C)C(=O)O[C@@H]([C@H](O)[C@H](OC(=O)c2ccccc2)[C@@]3(OC(C)=O)[C@H]1OC(C)=O)[C@@]4(C)O. The molecule has 2 N–H and O–H groups in total. The first-order valence-electron chi connectivity index (χ1n) is 20.2. The minimum absolute atomic E-state index is 0.0472. The number of pyridine rings is 1. The molecule has 18 heteroatoms. The van der Waals surface area contributed by atoms with E-state index in [1.165, 1.54) is 80.7 Å². The molecule has 7 rings (SSSR count). The van der Waals surface area contributed by atoms with Gasteiger partial charge in [-0.05, 0) is 50.2 Å². The molecule has 2 aliphatic carbocycles. The molecule has 334 valence electrons. The Balaban J connectivity index is 1.61. The number of hydrogen-bond acceptors (Lipinski definition) is 18. The van der Waals surface area contributed by atoms with Gasteiger partial charge >= 0.3 is 41.8 Å².